The maximum absolute atomic E-state index is 12.7. The average Bonchev–Trinajstić information content (AvgIpc) is 2.80. The zero-order valence-electron chi connectivity index (χ0n) is 19.2. The van der Waals surface area contributed by atoms with Gasteiger partial charge in [0.1, 0.15) is 18.5 Å². The van der Waals surface area contributed by atoms with Gasteiger partial charge in [0.15, 0.2) is 0 Å². The lowest BCUT2D eigenvalue weighted by molar-refractivity contribution is -0.124. The third kappa shape index (κ3) is 8.59. The molecule has 0 bridgehead atoms. The van der Waals surface area contributed by atoms with E-state index in [9.17, 15) is 9.59 Å². The highest BCUT2D eigenvalue weighted by atomic mass is 16.6. The van der Waals surface area contributed by atoms with Gasteiger partial charge >= 0.3 is 6.09 Å². The fourth-order valence-corrected chi connectivity index (χ4v) is 3.29. The number of amides is 2. The van der Waals surface area contributed by atoms with Gasteiger partial charge in [0.05, 0.1) is 6.61 Å². The number of hydroxylamine groups is 1. The molecule has 0 saturated heterocycles. The molecule has 2 aromatic rings. The van der Waals surface area contributed by atoms with Crippen LogP contribution in [0.25, 0.3) is 0 Å². The van der Waals surface area contributed by atoms with E-state index in [4.69, 9.17) is 19.8 Å². The van der Waals surface area contributed by atoms with Crippen LogP contribution in [0.4, 0.5) is 10.5 Å². The number of aliphatic hydroxyl groups excluding tert-OH is 1. The van der Waals surface area contributed by atoms with Gasteiger partial charge in [0.2, 0.25) is 0 Å². The van der Waals surface area contributed by atoms with Crippen molar-refractivity contribution in [2.75, 3.05) is 18.5 Å². The number of carbonyl (C=O) groups is 2. The van der Waals surface area contributed by atoms with E-state index >= 15 is 0 Å². The number of aliphatic hydroxyl groups is 1. The third-order valence-electron chi connectivity index (χ3n) is 5.11. The van der Waals surface area contributed by atoms with Crippen LogP contribution in [-0.4, -0.2) is 35.5 Å². The predicted octanol–water partition coefficient (Wildman–Crippen LogP) is 4.52. The highest BCUT2D eigenvalue weighted by Gasteiger charge is 2.34. The van der Waals surface area contributed by atoms with Crippen LogP contribution in [0, 0.1) is 12.3 Å². The van der Waals surface area contributed by atoms with Crippen molar-refractivity contribution in [3.63, 3.8) is 0 Å². The minimum Gasteiger partial charge on any atom is -0.491 e. The summed E-state index contributed by atoms with van der Waals surface area (Å²) in [6.07, 6.45) is 2.89. The fraction of sp³-hybridized carbons (Fsp3) is 0.360. The van der Waals surface area contributed by atoms with E-state index in [1.54, 1.807) is 35.8 Å². The molecule has 33 heavy (non-hydrogen) atoms. The van der Waals surface area contributed by atoms with Crippen molar-refractivity contribution in [3.05, 3.63) is 71.8 Å². The van der Waals surface area contributed by atoms with Gasteiger partial charge in [0, 0.05) is 17.2 Å². The summed E-state index contributed by atoms with van der Waals surface area (Å²) >= 11 is 0. The molecule has 0 saturated carbocycles. The Hall–Kier alpha value is -3.36. The molecule has 0 unspecified atom stereocenters. The molecule has 0 aliphatic heterocycles. The van der Waals surface area contributed by atoms with Crippen LogP contribution in [0.2, 0.25) is 0 Å². The van der Waals surface area contributed by atoms with Crippen LogP contribution in [0.3, 0.4) is 0 Å². The van der Waals surface area contributed by atoms with Gasteiger partial charge in [-0.1, -0.05) is 49.8 Å². The number of rotatable bonds is 11. The number of benzene rings is 2. The summed E-state index contributed by atoms with van der Waals surface area (Å²) in [4.78, 5) is 23.9. The Balaban J connectivity index is 2.18. The van der Waals surface area contributed by atoms with Crippen molar-refractivity contribution in [2.45, 2.75) is 39.7 Å². The first-order valence-corrected chi connectivity index (χ1v) is 10.7. The standard InChI is InChI=1S/C25H32N2O6/c1-18-7-11-20(12-8-18)26-24(30)33-23(19-9-13-21(14-10-19)32-17-16-28)25(2,3)15-5-4-6-22(29)27-31/h4,6-14,23,28,31H,5,15-17H2,1-3H3,(H,26,30)(H,27,29)/b6-4+/t23-/m1/s1. The number of carbonyl (C=O) groups excluding carboxylic acids is 2. The molecule has 0 fully saturated rings. The Labute approximate surface area is 194 Å². The van der Waals surface area contributed by atoms with Crippen LogP contribution in [0.5, 0.6) is 5.75 Å². The lowest BCUT2D eigenvalue weighted by atomic mass is 9.78. The fourth-order valence-electron chi connectivity index (χ4n) is 3.29. The van der Waals surface area contributed by atoms with Crippen molar-refractivity contribution in [1.29, 1.82) is 0 Å². The van der Waals surface area contributed by atoms with Crippen LogP contribution in [0.1, 0.15) is 43.9 Å². The van der Waals surface area contributed by atoms with E-state index in [0.717, 1.165) is 11.1 Å². The second-order valence-corrected chi connectivity index (χ2v) is 8.32. The van der Waals surface area contributed by atoms with E-state index in [1.807, 2.05) is 45.0 Å². The number of hydrogen-bond acceptors (Lipinski definition) is 6. The highest BCUT2D eigenvalue weighted by Crippen LogP contribution is 2.41. The van der Waals surface area contributed by atoms with Crippen LogP contribution < -0.4 is 15.5 Å². The van der Waals surface area contributed by atoms with Gasteiger partial charge in [-0.15, -0.1) is 0 Å². The normalized spacial score (nSPS) is 12.3. The van der Waals surface area contributed by atoms with Crippen molar-refractivity contribution < 1.29 is 29.4 Å². The van der Waals surface area contributed by atoms with E-state index < -0.39 is 23.5 Å². The average molecular weight is 457 g/mol. The zero-order chi connectivity index (χ0) is 24.3. The molecule has 0 spiro atoms. The Bertz CT molecular complexity index is 923. The summed E-state index contributed by atoms with van der Waals surface area (Å²) in [5.74, 6) is 0.00274. The second-order valence-electron chi connectivity index (χ2n) is 8.32. The Kier molecular flexibility index (Phi) is 9.90. The summed E-state index contributed by atoms with van der Waals surface area (Å²) in [6, 6.07) is 14.6. The molecule has 0 aliphatic carbocycles. The third-order valence-corrected chi connectivity index (χ3v) is 5.11. The summed E-state index contributed by atoms with van der Waals surface area (Å²) in [5, 5.41) is 20.3. The number of ether oxygens (including phenoxy) is 2. The van der Waals surface area contributed by atoms with E-state index in [0.29, 0.717) is 24.3 Å². The summed E-state index contributed by atoms with van der Waals surface area (Å²) in [5.41, 5.74) is 3.56. The number of hydrogen-bond donors (Lipinski definition) is 4. The summed E-state index contributed by atoms with van der Waals surface area (Å²) < 4.78 is 11.3. The van der Waals surface area contributed by atoms with Crippen molar-refractivity contribution in [2.24, 2.45) is 5.41 Å². The van der Waals surface area contributed by atoms with Gasteiger partial charge in [-0.2, -0.15) is 0 Å². The first kappa shape index (κ1) is 25.9. The van der Waals surface area contributed by atoms with Crippen molar-refractivity contribution >= 4 is 17.7 Å². The molecule has 8 heteroatoms. The van der Waals surface area contributed by atoms with Crippen LogP contribution in [0.15, 0.2) is 60.7 Å². The molecule has 0 aromatic heterocycles. The topological polar surface area (TPSA) is 117 Å². The smallest absolute Gasteiger partial charge is 0.412 e. The maximum Gasteiger partial charge on any atom is 0.412 e. The quantitative estimate of drug-likeness (QED) is 0.224. The largest absolute Gasteiger partial charge is 0.491 e. The van der Waals surface area contributed by atoms with Gasteiger partial charge in [-0.25, -0.2) is 10.3 Å². The first-order valence-electron chi connectivity index (χ1n) is 10.7. The lowest BCUT2D eigenvalue weighted by Gasteiger charge is -2.34. The molecule has 0 radical (unpaired) electrons. The SMILES string of the molecule is Cc1ccc(NC(=O)O[C@H](c2ccc(OCCO)cc2)C(C)(C)CC/C=C/C(=O)NO)cc1. The molecule has 1 atom stereocenters. The number of nitrogens with one attached hydrogen (secondary N) is 2. The minimum absolute atomic E-state index is 0.0818. The summed E-state index contributed by atoms with van der Waals surface area (Å²) in [6.45, 7) is 6.03. The minimum atomic E-state index is -0.600. The monoisotopic (exact) mass is 456 g/mol. The van der Waals surface area contributed by atoms with Crippen LogP contribution in [-0.2, 0) is 9.53 Å². The van der Waals surface area contributed by atoms with Crippen molar-refractivity contribution in [1.82, 2.24) is 5.48 Å². The molecular weight excluding hydrogens is 424 g/mol. The number of allylic oxidation sites excluding steroid dienone is 1. The van der Waals surface area contributed by atoms with Gasteiger partial charge in [-0.05, 0) is 49.6 Å². The number of anilines is 1. The van der Waals surface area contributed by atoms with E-state index in [2.05, 4.69) is 5.32 Å². The predicted molar refractivity (Wildman–Crippen MR) is 125 cm³/mol. The molecule has 4 N–H and O–H groups in total. The van der Waals surface area contributed by atoms with Gasteiger partial charge < -0.3 is 14.6 Å². The van der Waals surface area contributed by atoms with Gasteiger partial charge in [-0.3, -0.25) is 15.3 Å². The Morgan fingerprint density at radius 1 is 1.09 bits per heavy atom. The Morgan fingerprint density at radius 2 is 1.76 bits per heavy atom. The summed E-state index contributed by atoms with van der Waals surface area (Å²) in [7, 11) is 0. The molecule has 178 valence electrons. The molecule has 0 aliphatic rings. The van der Waals surface area contributed by atoms with E-state index in [-0.39, 0.29) is 13.2 Å². The molecule has 8 nitrogen and oxygen atoms in total. The van der Waals surface area contributed by atoms with E-state index in [1.165, 1.54) is 6.08 Å². The second kappa shape index (κ2) is 12.6. The molecule has 0 heterocycles. The molecule has 2 rings (SSSR count). The van der Waals surface area contributed by atoms with Gasteiger partial charge in [0.25, 0.3) is 5.91 Å². The number of aryl methyl sites for hydroxylation is 1. The first-order chi connectivity index (χ1) is 15.7. The zero-order valence-corrected chi connectivity index (χ0v) is 19.2. The Morgan fingerprint density at radius 3 is 2.36 bits per heavy atom. The lowest BCUT2D eigenvalue weighted by Crippen LogP contribution is -2.29. The maximum atomic E-state index is 12.7. The molecule has 2 amide bonds. The highest BCUT2D eigenvalue weighted by molar-refractivity contribution is 5.86. The molecular formula is C25H32N2O6. The molecule has 2 aromatic carbocycles. The van der Waals surface area contributed by atoms with Crippen molar-refractivity contribution in [3.8, 4) is 5.75 Å². The van der Waals surface area contributed by atoms with Crippen LogP contribution >= 0.6 is 0 Å².